The van der Waals surface area contributed by atoms with Gasteiger partial charge in [-0.3, -0.25) is 24.1 Å². The summed E-state index contributed by atoms with van der Waals surface area (Å²) in [6.45, 7) is 1.05. The van der Waals surface area contributed by atoms with Crippen molar-refractivity contribution < 1.29 is 19.2 Å². The number of fused-ring (bicyclic) bond motifs is 5. The van der Waals surface area contributed by atoms with E-state index in [0.717, 1.165) is 30.7 Å². The van der Waals surface area contributed by atoms with Crippen molar-refractivity contribution in [2.24, 2.45) is 35.3 Å². The number of nitrogens with zero attached hydrogens (tertiary/aromatic N) is 3. The Morgan fingerprint density at radius 1 is 1.13 bits per heavy atom. The number of hydrogen-bond acceptors (Lipinski definition) is 6. The van der Waals surface area contributed by atoms with Crippen LogP contribution in [0.3, 0.4) is 0 Å². The minimum atomic E-state index is -0.428. The Bertz CT molecular complexity index is 945. The molecule has 9 heteroatoms. The minimum Gasteiger partial charge on any atom is -0.369 e. The molecule has 3 fully saturated rings. The second-order valence-corrected chi connectivity index (χ2v) is 8.90. The summed E-state index contributed by atoms with van der Waals surface area (Å²) in [5.41, 5.74) is 5.92. The molecule has 1 aromatic rings. The van der Waals surface area contributed by atoms with E-state index in [1.54, 1.807) is 12.1 Å². The van der Waals surface area contributed by atoms with Gasteiger partial charge in [-0.2, -0.15) is 0 Å². The summed E-state index contributed by atoms with van der Waals surface area (Å²) in [6, 6.07) is 3.50. The molecule has 1 saturated carbocycles. The van der Waals surface area contributed by atoms with Crippen molar-refractivity contribution in [3.05, 3.63) is 30.5 Å². The summed E-state index contributed by atoms with van der Waals surface area (Å²) in [7, 11) is 0. The third-order valence-corrected chi connectivity index (χ3v) is 7.04. The highest BCUT2D eigenvalue weighted by Crippen LogP contribution is 2.52. The van der Waals surface area contributed by atoms with Crippen molar-refractivity contribution in [1.29, 1.82) is 0 Å². The molecule has 5 unspecified atom stereocenters. The number of carbonyl (C=O) groups is 4. The number of imide groups is 1. The normalized spacial score (nSPS) is 31.3. The van der Waals surface area contributed by atoms with Gasteiger partial charge in [0.15, 0.2) is 0 Å². The number of hydrogen-bond donors (Lipinski definition) is 2. The van der Waals surface area contributed by atoms with Gasteiger partial charge in [-0.1, -0.05) is 12.2 Å². The first kappa shape index (κ1) is 19.7. The molecule has 31 heavy (non-hydrogen) atoms. The van der Waals surface area contributed by atoms with Gasteiger partial charge < -0.3 is 16.0 Å². The first-order valence-electron chi connectivity index (χ1n) is 10.8. The molecule has 4 aliphatic rings. The first-order valence-corrected chi connectivity index (χ1v) is 10.8. The number of nitrogens with one attached hydrogen (secondary N) is 1. The summed E-state index contributed by atoms with van der Waals surface area (Å²) < 4.78 is 0. The molecule has 2 aliphatic carbocycles. The van der Waals surface area contributed by atoms with Crippen LogP contribution in [0.15, 0.2) is 30.5 Å². The molecule has 0 spiro atoms. The van der Waals surface area contributed by atoms with Crippen LogP contribution in [0, 0.1) is 29.6 Å². The highest BCUT2D eigenvalue weighted by Gasteiger charge is 2.59. The molecule has 0 aromatic carbocycles. The molecule has 5 rings (SSSR count). The van der Waals surface area contributed by atoms with Gasteiger partial charge >= 0.3 is 0 Å². The van der Waals surface area contributed by atoms with Crippen LogP contribution in [-0.2, 0) is 19.2 Å². The van der Waals surface area contributed by atoms with Crippen LogP contribution >= 0.6 is 0 Å². The van der Waals surface area contributed by atoms with E-state index in [2.05, 4.69) is 10.3 Å². The number of amides is 4. The predicted octanol–water partition coefficient (Wildman–Crippen LogP) is 0.529. The van der Waals surface area contributed by atoms with Crippen molar-refractivity contribution in [2.75, 3.05) is 29.9 Å². The van der Waals surface area contributed by atoms with E-state index in [1.807, 2.05) is 17.1 Å². The second-order valence-electron chi connectivity index (χ2n) is 8.90. The van der Waals surface area contributed by atoms with Gasteiger partial charge in [-0.05, 0) is 43.2 Å². The number of allylic oxidation sites excluding steroid dienone is 2. The van der Waals surface area contributed by atoms with Gasteiger partial charge in [-0.15, -0.1) is 0 Å². The average Bonchev–Trinajstić information content (AvgIpc) is 3.44. The molecule has 4 amide bonds. The zero-order valence-electron chi connectivity index (χ0n) is 17.1. The Morgan fingerprint density at radius 2 is 1.84 bits per heavy atom. The van der Waals surface area contributed by atoms with Crippen molar-refractivity contribution in [1.82, 2.24) is 9.88 Å². The molecule has 1 aromatic heterocycles. The van der Waals surface area contributed by atoms with Crippen molar-refractivity contribution in [2.45, 2.75) is 19.3 Å². The Hall–Kier alpha value is -3.23. The summed E-state index contributed by atoms with van der Waals surface area (Å²) in [5, 5.41) is 2.72. The number of rotatable bonds is 5. The van der Waals surface area contributed by atoms with E-state index < -0.39 is 5.91 Å². The molecule has 5 atom stereocenters. The van der Waals surface area contributed by atoms with E-state index >= 15 is 0 Å². The minimum absolute atomic E-state index is 0.125. The molecule has 2 aliphatic heterocycles. The molecular weight excluding hydrogens is 398 g/mol. The quantitative estimate of drug-likeness (QED) is 0.526. The van der Waals surface area contributed by atoms with Crippen LogP contribution < -0.4 is 16.0 Å². The predicted molar refractivity (Wildman–Crippen MR) is 111 cm³/mol. The van der Waals surface area contributed by atoms with E-state index in [-0.39, 0.29) is 53.9 Å². The Morgan fingerprint density at radius 3 is 2.45 bits per heavy atom. The summed E-state index contributed by atoms with van der Waals surface area (Å²) in [6.07, 6.45) is 8.11. The molecule has 3 heterocycles. The lowest BCUT2D eigenvalue weighted by atomic mass is 9.85. The maximum Gasteiger partial charge on any atom is 0.244 e. The lowest BCUT2D eigenvalue weighted by Crippen LogP contribution is -2.41. The Kier molecular flexibility index (Phi) is 4.75. The van der Waals surface area contributed by atoms with Crippen LogP contribution in [-0.4, -0.2) is 53.1 Å². The molecule has 162 valence electrons. The SMILES string of the molecule is NC(=O)C1CCCN(c2ccc(NC(=O)CN3C(=O)C4C5C=CC(C5)C4C3=O)cn2)C1. The van der Waals surface area contributed by atoms with Crippen molar-refractivity contribution in [3.63, 3.8) is 0 Å². The van der Waals surface area contributed by atoms with Crippen LogP contribution in [0.1, 0.15) is 19.3 Å². The van der Waals surface area contributed by atoms with Crippen LogP contribution in [0.4, 0.5) is 11.5 Å². The smallest absolute Gasteiger partial charge is 0.244 e. The van der Waals surface area contributed by atoms with Crippen LogP contribution in [0.5, 0.6) is 0 Å². The lowest BCUT2D eigenvalue weighted by molar-refractivity contribution is -0.143. The number of carbonyl (C=O) groups excluding carboxylic acids is 4. The van der Waals surface area contributed by atoms with Gasteiger partial charge in [0.25, 0.3) is 0 Å². The molecule has 2 bridgehead atoms. The second kappa shape index (κ2) is 7.47. The molecule has 3 N–H and O–H groups in total. The largest absolute Gasteiger partial charge is 0.369 e. The maximum absolute atomic E-state index is 12.7. The monoisotopic (exact) mass is 423 g/mol. The van der Waals surface area contributed by atoms with Gasteiger partial charge in [0.2, 0.25) is 23.6 Å². The zero-order chi connectivity index (χ0) is 21.7. The van der Waals surface area contributed by atoms with Crippen molar-refractivity contribution in [3.8, 4) is 0 Å². The average molecular weight is 423 g/mol. The molecule has 2 saturated heterocycles. The number of anilines is 2. The summed E-state index contributed by atoms with van der Waals surface area (Å²) in [5.74, 6) is -1.01. The van der Waals surface area contributed by atoms with E-state index in [9.17, 15) is 19.2 Å². The van der Waals surface area contributed by atoms with Gasteiger partial charge in [-0.25, -0.2) is 4.98 Å². The molecule has 0 radical (unpaired) electrons. The van der Waals surface area contributed by atoms with Crippen molar-refractivity contribution >= 4 is 35.1 Å². The lowest BCUT2D eigenvalue weighted by Gasteiger charge is -2.32. The fourth-order valence-corrected chi connectivity index (χ4v) is 5.53. The van der Waals surface area contributed by atoms with Gasteiger partial charge in [0, 0.05) is 13.1 Å². The van der Waals surface area contributed by atoms with E-state index in [1.165, 1.54) is 6.20 Å². The number of aromatic nitrogens is 1. The molecule has 9 nitrogen and oxygen atoms in total. The van der Waals surface area contributed by atoms with Crippen LogP contribution in [0.25, 0.3) is 0 Å². The van der Waals surface area contributed by atoms with Gasteiger partial charge in [0.1, 0.15) is 12.4 Å². The number of likely N-dealkylation sites (tertiary alicyclic amines) is 1. The number of pyridine rings is 1. The highest BCUT2D eigenvalue weighted by molar-refractivity contribution is 6.09. The van der Waals surface area contributed by atoms with E-state index in [4.69, 9.17) is 5.73 Å². The standard InChI is InChI=1S/C22H25N5O4/c23-20(29)14-2-1-7-26(10-14)16-6-5-15(9-24-16)25-17(28)11-27-21(30)18-12-3-4-13(8-12)19(18)22(27)31/h3-6,9,12-14,18-19H,1-2,7-8,10-11H2,(H2,23,29)(H,25,28). The summed E-state index contributed by atoms with van der Waals surface area (Å²) >= 11 is 0. The van der Waals surface area contributed by atoms with Gasteiger partial charge in [0.05, 0.1) is 29.6 Å². The number of piperidine rings is 1. The summed E-state index contributed by atoms with van der Waals surface area (Å²) in [4.78, 5) is 56.9. The third kappa shape index (κ3) is 3.37. The molecular formula is C22H25N5O4. The Balaban J connectivity index is 1.19. The topological polar surface area (TPSA) is 126 Å². The fraction of sp³-hybridized carbons (Fsp3) is 0.500. The maximum atomic E-state index is 12.7. The first-order chi connectivity index (χ1) is 14.9. The fourth-order valence-electron chi connectivity index (χ4n) is 5.53. The Labute approximate surface area is 179 Å². The highest BCUT2D eigenvalue weighted by atomic mass is 16.2. The van der Waals surface area contributed by atoms with E-state index in [0.29, 0.717) is 18.1 Å². The number of primary amides is 1. The zero-order valence-corrected chi connectivity index (χ0v) is 17.1. The number of nitrogens with two attached hydrogens (primary N) is 1. The third-order valence-electron chi connectivity index (χ3n) is 7.04. The van der Waals surface area contributed by atoms with Crippen LogP contribution in [0.2, 0.25) is 0 Å².